The topological polar surface area (TPSA) is 79.5 Å². The fraction of sp³-hybridized carbons (Fsp3) is 0.647. The number of rotatable bonds is 4. The third-order valence-electron chi connectivity index (χ3n) is 4.40. The minimum absolute atomic E-state index is 0.213. The molecule has 1 amide bonds. The average Bonchev–Trinajstić information content (AvgIpc) is 2.68. The number of hydrogen-bond acceptors (Lipinski definition) is 3. The van der Waals surface area contributed by atoms with Crippen LogP contribution in [0.4, 0.5) is 0 Å². The molecule has 2 atom stereocenters. The van der Waals surface area contributed by atoms with Gasteiger partial charge >= 0.3 is 5.97 Å². The number of amides is 1. The number of furan rings is 1. The van der Waals surface area contributed by atoms with Gasteiger partial charge in [-0.15, -0.1) is 0 Å². The van der Waals surface area contributed by atoms with Gasteiger partial charge in [-0.25, -0.2) is 0 Å². The smallest absolute Gasteiger partial charge is 0.308 e. The summed E-state index contributed by atoms with van der Waals surface area (Å²) in [7, 11) is 0. The van der Waals surface area contributed by atoms with Crippen LogP contribution in [-0.2, 0) is 4.79 Å². The summed E-state index contributed by atoms with van der Waals surface area (Å²) < 4.78 is 5.61. The fourth-order valence-corrected chi connectivity index (χ4v) is 3.04. The first-order valence-corrected chi connectivity index (χ1v) is 8.04. The van der Waals surface area contributed by atoms with Crippen molar-refractivity contribution in [2.45, 2.75) is 64.8 Å². The number of hydrogen-bond donors (Lipinski definition) is 2. The Hall–Kier alpha value is -1.78. The summed E-state index contributed by atoms with van der Waals surface area (Å²) >= 11 is 0. The highest BCUT2D eigenvalue weighted by Gasteiger charge is 2.31. The van der Waals surface area contributed by atoms with Gasteiger partial charge in [-0.3, -0.25) is 9.59 Å². The van der Waals surface area contributed by atoms with Crippen LogP contribution in [0.1, 0.15) is 73.7 Å². The Morgan fingerprint density at radius 2 is 1.95 bits per heavy atom. The van der Waals surface area contributed by atoms with Crippen LogP contribution >= 0.6 is 0 Å². The van der Waals surface area contributed by atoms with E-state index >= 15 is 0 Å². The lowest BCUT2D eigenvalue weighted by atomic mass is 9.94. The highest BCUT2D eigenvalue weighted by atomic mass is 16.4. The van der Waals surface area contributed by atoms with Crippen LogP contribution in [0.5, 0.6) is 0 Å². The summed E-state index contributed by atoms with van der Waals surface area (Å²) in [5.74, 6) is 0.0263. The van der Waals surface area contributed by atoms with Crippen LogP contribution < -0.4 is 5.32 Å². The molecule has 1 fully saturated rings. The average molecular weight is 307 g/mol. The van der Waals surface area contributed by atoms with Crippen LogP contribution in [0.15, 0.2) is 10.5 Å². The second kappa shape index (κ2) is 6.99. The summed E-state index contributed by atoms with van der Waals surface area (Å²) in [5.41, 5.74) is 0.511. The number of carboxylic acids is 1. The van der Waals surface area contributed by atoms with Crippen LogP contribution in [-0.4, -0.2) is 23.0 Å². The predicted molar refractivity (Wildman–Crippen MR) is 83.0 cm³/mol. The van der Waals surface area contributed by atoms with Gasteiger partial charge in [0.1, 0.15) is 11.5 Å². The maximum atomic E-state index is 12.5. The number of carboxylic acid groups (broad SMARTS) is 1. The first kappa shape index (κ1) is 16.6. The van der Waals surface area contributed by atoms with Crippen molar-refractivity contribution in [2.24, 2.45) is 5.92 Å². The van der Waals surface area contributed by atoms with Crippen LogP contribution in [0, 0.1) is 12.8 Å². The van der Waals surface area contributed by atoms with Crippen molar-refractivity contribution in [3.05, 3.63) is 23.2 Å². The van der Waals surface area contributed by atoms with E-state index in [2.05, 4.69) is 5.32 Å². The van der Waals surface area contributed by atoms with E-state index in [9.17, 15) is 14.7 Å². The molecule has 1 heterocycles. The number of carbonyl (C=O) groups is 2. The second-order valence-electron chi connectivity index (χ2n) is 6.44. The zero-order valence-electron chi connectivity index (χ0n) is 13.5. The van der Waals surface area contributed by atoms with Gasteiger partial charge in [-0.1, -0.05) is 33.1 Å². The van der Waals surface area contributed by atoms with E-state index in [1.54, 1.807) is 13.0 Å². The predicted octanol–water partition coefficient (Wildman–Crippen LogP) is 3.47. The highest BCUT2D eigenvalue weighted by molar-refractivity contribution is 5.95. The molecule has 5 nitrogen and oxygen atoms in total. The number of aryl methyl sites for hydroxylation is 1. The molecule has 0 aliphatic heterocycles. The molecule has 22 heavy (non-hydrogen) atoms. The molecule has 1 aliphatic rings. The Balaban J connectivity index is 2.14. The van der Waals surface area contributed by atoms with Crippen molar-refractivity contribution < 1.29 is 19.1 Å². The lowest BCUT2D eigenvalue weighted by Crippen LogP contribution is -2.42. The quantitative estimate of drug-likeness (QED) is 0.835. The van der Waals surface area contributed by atoms with Gasteiger partial charge in [0.15, 0.2) is 0 Å². The highest BCUT2D eigenvalue weighted by Crippen LogP contribution is 2.26. The zero-order valence-corrected chi connectivity index (χ0v) is 13.5. The largest absolute Gasteiger partial charge is 0.481 e. The van der Waals surface area contributed by atoms with E-state index in [0.29, 0.717) is 17.7 Å². The standard InChI is InChI=1S/C17H25NO4/c1-10(2)15-9-13(11(3)22-15)16(19)18-14-8-6-4-5-7-12(14)17(20)21/h9-10,12,14H,4-8H2,1-3H3,(H,18,19)(H,20,21)/t12-,14+/m1/s1. The summed E-state index contributed by atoms with van der Waals surface area (Å²) in [6.07, 6.45) is 4.23. The van der Waals surface area contributed by atoms with Gasteiger partial charge in [-0.05, 0) is 25.8 Å². The Kier molecular flexibility index (Phi) is 5.27. The molecule has 1 aliphatic carbocycles. The van der Waals surface area contributed by atoms with E-state index in [1.807, 2.05) is 13.8 Å². The van der Waals surface area contributed by atoms with E-state index in [0.717, 1.165) is 31.4 Å². The van der Waals surface area contributed by atoms with Crippen LogP contribution in [0.25, 0.3) is 0 Å². The van der Waals surface area contributed by atoms with Gasteiger partial charge in [0, 0.05) is 12.0 Å². The third kappa shape index (κ3) is 3.70. The van der Waals surface area contributed by atoms with Crippen molar-refractivity contribution in [3.63, 3.8) is 0 Å². The molecule has 5 heteroatoms. The van der Waals surface area contributed by atoms with Crippen molar-refractivity contribution in [1.82, 2.24) is 5.32 Å². The van der Waals surface area contributed by atoms with Crippen molar-refractivity contribution in [1.29, 1.82) is 0 Å². The first-order valence-electron chi connectivity index (χ1n) is 8.04. The number of carbonyl (C=O) groups excluding carboxylic acids is 1. The fourth-order valence-electron chi connectivity index (χ4n) is 3.04. The maximum Gasteiger partial charge on any atom is 0.308 e. The molecule has 0 spiro atoms. The summed E-state index contributed by atoms with van der Waals surface area (Å²) in [4.78, 5) is 23.9. The van der Waals surface area contributed by atoms with E-state index < -0.39 is 11.9 Å². The molecule has 0 aromatic carbocycles. The minimum Gasteiger partial charge on any atom is -0.481 e. The van der Waals surface area contributed by atoms with Gasteiger partial charge < -0.3 is 14.8 Å². The van der Waals surface area contributed by atoms with Gasteiger partial charge in [0.2, 0.25) is 0 Å². The molecule has 2 rings (SSSR count). The lowest BCUT2D eigenvalue weighted by molar-refractivity contribution is -0.142. The molecule has 1 saturated carbocycles. The molecule has 0 unspecified atom stereocenters. The Bertz CT molecular complexity index is 547. The Morgan fingerprint density at radius 3 is 2.55 bits per heavy atom. The Morgan fingerprint density at radius 1 is 1.27 bits per heavy atom. The second-order valence-corrected chi connectivity index (χ2v) is 6.44. The zero-order chi connectivity index (χ0) is 16.3. The summed E-state index contributed by atoms with van der Waals surface area (Å²) in [5, 5.41) is 12.3. The monoisotopic (exact) mass is 307 g/mol. The number of nitrogens with one attached hydrogen (secondary N) is 1. The molecular weight excluding hydrogens is 282 g/mol. The van der Waals surface area contributed by atoms with Gasteiger partial charge in [0.05, 0.1) is 11.5 Å². The third-order valence-corrected chi connectivity index (χ3v) is 4.40. The van der Waals surface area contributed by atoms with Crippen molar-refractivity contribution >= 4 is 11.9 Å². The lowest BCUT2D eigenvalue weighted by Gasteiger charge is -2.22. The molecule has 2 N–H and O–H groups in total. The molecule has 1 aromatic heterocycles. The Labute approximate surface area is 131 Å². The van der Waals surface area contributed by atoms with Gasteiger partial charge in [0.25, 0.3) is 5.91 Å². The molecule has 0 bridgehead atoms. The van der Waals surface area contributed by atoms with Crippen molar-refractivity contribution in [2.75, 3.05) is 0 Å². The minimum atomic E-state index is -0.820. The summed E-state index contributed by atoms with van der Waals surface area (Å²) in [6, 6.07) is 1.46. The maximum absolute atomic E-state index is 12.5. The SMILES string of the molecule is Cc1oc(C(C)C)cc1C(=O)N[C@H]1CCCCC[C@H]1C(=O)O. The molecule has 1 aromatic rings. The van der Waals surface area contributed by atoms with Crippen LogP contribution in [0.2, 0.25) is 0 Å². The molecular formula is C17H25NO4. The van der Waals surface area contributed by atoms with Gasteiger partial charge in [-0.2, -0.15) is 0 Å². The summed E-state index contributed by atoms with van der Waals surface area (Å²) in [6.45, 7) is 5.78. The van der Waals surface area contributed by atoms with Crippen molar-refractivity contribution in [3.8, 4) is 0 Å². The molecule has 0 saturated heterocycles. The van der Waals surface area contributed by atoms with E-state index in [4.69, 9.17) is 4.42 Å². The molecule has 122 valence electrons. The van der Waals surface area contributed by atoms with E-state index in [-0.39, 0.29) is 17.9 Å². The normalized spacial score (nSPS) is 22.4. The van der Waals surface area contributed by atoms with Crippen LogP contribution in [0.3, 0.4) is 0 Å². The van der Waals surface area contributed by atoms with E-state index in [1.165, 1.54) is 0 Å². The molecule has 0 radical (unpaired) electrons. The number of aliphatic carboxylic acids is 1. The first-order chi connectivity index (χ1) is 10.4.